The topological polar surface area (TPSA) is 66.4 Å². The Bertz CT molecular complexity index is 742. The fraction of sp³-hybridized carbons (Fsp3) is 0.300. The quantitative estimate of drug-likeness (QED) is 0.885. The first-order valence-corrected chi connectivity index (χ1v) is 7.90. The highest BCUT2D eigenvalue weighted by atomic mass is 16.4. The Hall–Kier alpha value is -2.62. The van der Waals surface area contributed by atoms with Gasteiger partial charge in [0.25, 0.3) is 0 Å². The van der Waals surface area contributed by atoms with Crippen LogP contribution in [-0.2, 0) is 9.59 Å². The van der Waals surface area contributed by atoms with Crippen molar-refractivity contribution in [3.63, 3.8) is 0 Å². The van der Waals surface area contributed by atoms with Gasteiger partial charge in [0.2, 0.25) is 5.91 Å². The van der Waals surface area contributed by atoms with Crippen LogP contribution in [0, 0.1) is 12.3 Å². The maximum atomic E-state index is 12.0. The standard InChI is InChI=1S/C20H23NO3/c1-13-7-5-6-8-16(13)17(18(22)23)14-9-11-15(12-10-14)21-19(24)20(2,3)4/h5-12,17H,1-4H3,(H,21,24)(H,22,23). The molecule has 2 aromatic rings. The summed E-state index contributed by atoms with van der Waals surface area (Å²) in [6.07, 6.45) is 0. The molecular weight excluding hydrogens is 302 g/mol. The van der Waals surface area contributed by atoms with Crippen LogP contribution >= 0.6 is 0 Å². The van der Waals surface area contributed by atoms with Crippen LogP contribution in [0.1, 0.15) is 43.4 Å². The highest BCUT2D eigenvalue weighted by Crippen LogP contribution is 2.28. The molecule has 4 heteroatoms. The highest BCUT2D eigenvalue weighted by molar-refractivity contribution is 5.94. The molecule has 0 saturated carbocycles. The van der Waals surface area contributed by atoms with Gasteiger partial charge in [-0.05, 0) is 35.7 Å². The monoisotopic (exact) mass is 325 g/mol. The average Bonchev–Trinajstić information content (AvgIpc) is 2.50. The van der Waals surface area contributed by atoms with Gasteiger partial charge in [-0.3, -0.25) is 9.59 Å². The summed E-state index contributed by atoms with van der Waals surface area (Å²) in [5.41, 5.74) is 2.58. The number of carboxylic acid groups (broad SMARTS) is 1. The molecule has 2 rings (SSSR count). The number of nitrogens with one attached hydrogen (secondary N) is 1. The minimum atomic E-state index is -0.893. The Kier molecular flexibility index (Phi) is 5.07. The number of carbonyl (C=O) groups is 2. The Morgan fingerprint density at radius 1 is 1.00 bits per heavy atom. The summed E-state index contributed by atoms with van der Waals surface area (Å²) in [5.74, 6) is -1.70. The number of anilines is 1. The molecule has 1 unspecified atom stereocenters. The van der Waals surface area contributed by atoms with E-state index in [9.17, 15) is 14.7 Å². The zero-order valence-electron chi connectivity index (χ0n) is 14.5. The number of rotatable bonds is 4. The number of benzene rings is 2. The fourth-order valence-corrected chi connectivity index (χ4v) is 2.44. The average molecular weight is 325 g/mol. The van der Waals surface area contributed by atoms with Crippen LogP contribution in [0.15, 0.2) is 48.5 Å². The van der Waals surface area contributed by atoms with E-state index in [1.54, 1.807) is 24.3 Å². The second kappa shape index (κ2) is 6.87. The fourth-order valence-electron chi connectivity index (χ4n) is 2.44. The molecule has 0 heterocycles. The number of hydrogen-bond acceptors (Lipinski definition) is 2. The van der Waals surface area contributed by atoms with Crippen molar-refractivity contribution in [1.82, 2.24) is 0 Å². The zero-order valence-corrected chi connectivity index (χ0v) is 14.5. The van der Waals surface area contributed by atoms with Gasteiger partial charge in [0.05, 0.1) is 0 Å². The molecule has 2 aromatic carbocycles. The maximum absolute atomic E-state index is 12.0. The van der Waals surface area contributed by atoms with Crippen LogP contribution in [0.3, 0.4) is 0 Å². The molecule has 0 fully saturated rings. The van der Waals surface area contributed by atoms with Crippen molar-refractivity contribution in [2.45, 2.75) is 33.6 Å². The van der Waals surface area contributed by atoms with Gasteiger partial charge in [0.1, 0.15) is 5.92 Å². The molecule has 0 spiro atoms. The van der Waals surface area contributed by atoms with Gasteiger partial charge >= 0.3 is 5.97 Å². The summed E-state index contributed by atoms with van der Waals surface area (Å²) in [6.45, 7) is 7.43. The molecule has 0 saturated heterocycles. The van der Waals surface area contributed by atoms with Crippen LogP contribution in [0.4, 0.5) is 5.69 Å². The maximum Gasteiger partial charge on any atom is 0.315 e. The Balaban J connectivity index is 2.29. The molecule has 126 valence electrons. The van der Waals surface area contributed by atoms with Crippen molar-refractivity contribution in [2.24, 2.45) is 5.41 Å². The van der Waals surface area contributed by atoms with Crippen molar-refractivity contribution >= 4 is 17.6 Å². The first-order chi connectivity index (χ1) is 11.2. The van der Waals surface area contributed by atoms with Crippen LogP contribution in [0.5, 0.6) is 0 Å². The number of hydrogen-bond donors (Lipinski definition) is 2. The molecule has 0 aromatic heterocycles. The molecular formula is C20H23NO3. The number of aliphatic carboxylic acids is 1. The smallest absolute Gasteiger partial charge is 0.315 e. The van der Waals surface area contributed by atoms with Crippen LogP contribution < -0.4 is 5.32 Å². The van der Waals surface area contributed by atoms with Crippen LogP contribution in [-0.4, -0.2) is 17.0 Å². The summed E-state index contributed by atoms with van der Waals surface area (Å²) < 4.78 is 0. The van der Waals surface area contributed by atoms with E-state index in [0.717, 1.165) is 11.1 Å². The first-order valence-electron chi connectivity index (χ1n) is 7.90. The summed E-state index contributed by atoms with van der Waals surface area (Å²) in [5, 5.41) is 12.5. The summed E-state index contributed by atoms with van der Waals surface area (Å²) >= 11 is 0. The van der Waals surface area contributed by atoms with Crippen molar-refractivity contribution in [1.29, 1.82) is 0 Å². The molecule has 4 nitrogen and oxygen atoms in total. The zero-order chi connectivity index (χ0) is 17.9. The van der Waals surface area contributed by atoms with Crippen LogP contribution in [0.2, 0.25) is 0 Å². The van der Waals surface area contributed by atoms with Crippen molar-refractivity contribution in [3.05, 3.63) is 65.2 Å². The van der Waals surface area contributed by atoms with Gasteiger partial charge in [0.15, 0.2) is 0 Å². The predicted octanol–water partition coefficient (Wildman–Crippen LogP) is 4.20. The molecule has 1 amide bonds. The molecule has 0 radical (unpaired) electrons. The van der Waals surface area contributed by atoms with Crippen LogP contribution in [0.25, 0.3) is 0 Å². The first kappa shape index (κ1) is 17.7. The Morgan fingerprint density at radius 3 is 2.08 bits per heavy atom. The van der Waals surface area contributed by atoms with Crippen molar-refractivity contribution in [3.8, 4) is 0 Å². The lowest BCUT2D eigenvalue weighted by Gasteiger charge is -2.19. The van der Waals surface area contributed by atoms with Gasteiger partial charge in [-0.1, -0.05) is 57.2 Å². The number of carbonyl (C=O) groups excluding carboxylic acids is 1. The van der Waals surface area contributed by atoms with Gasteiger partial charge < -0.3 is 10.4 Å². The summed E-state index contributed by atoms with van der Waals surface area (Å²) in [6, 6.07) is 14.5. The molecule has 24 heavy (non-hydrogen) atoms. The summed E-state index contributed by atoms with van der Waals surface area (Å²) in [7, 11) is 0. The third-order valence-corrected chi connectivity index (χ3v) is 3.93. The Morgan fingerprint density at radius 2 is 1.58 bits per heavy atom. The molecule has 0 aliphatic rings. The van der Waals surface area contributed by atoms with E-state index in [1.807, 2.05) is 52.0 Å². The molecule has 0 aliphatic carbocycles. The molecule has 2 N–H and O–H groups in total. The van der Waals surface area contributed by atoms with E-state index >= 15 is 0 Å². The highest BCUT2D eigenvalue weighted by Gasteiger charge is 2.24. The second-order valence-corrected chi connectivity index (χ2v) is 6.95. The van der Waals surface area contributed by atoms with Gasteiger partial charge in [0, 0.05) is 11.1 Å². The van der Waals surface area contributed by atoms with E-state index in [1.165, 1.54) is 0 Å². The molecule has 0 bridgehead atoms. The SMILES string of the molecule is Cc1ccccc1C(C(=O)O)c1ccc(NC(=O)C(C)(C)C)cc1. The van der Waals surface area contributed by atoms with Crippen molar-refractivity contribution in [2.75, 3.05) is 5.32 Å². The van der Waals surface area contributed by atoms with Gasteiger partial charge in [-0.25, -0.2) is 0 Å². The van der Waals surface area contributed by atoms with E-state index in [2.05, 4.69) is 5.32 Å². The van der Waals surface area contributed by atoms with Gasteiger partial charge in [-0.15, -0.1) is 0 Å². The lowest BCUT2D eigenvalue weighted by atomic mass is 9.88. The number of carboxylic acids is 1. The molecule has 0 aliphatic heterocycles. The normalized spacial score (nSPS) is 12.5. The third kappa shape index (κ3) is 4.02. The number of aryl methyl sites for hydroxylation is 1. The summed E-state index contributed by atoms with van der Waals surface area (Å²) in [4.78, 5) is 23.8. The third-order valence-electron chi connectivity index (χ3n) is 3.93. The lowest BCUT2D eigenvalue weighted by Crippen LogP contribution is -2.27. The van der Waals surface area contributed by atoms with Crippen molar-refractivity contribution < 1.29 is 14.7 Å². The lowest BCUT2D eigenvalue weighted by molar-refractivity contribution is -0.137. The van der Waals surface area contributed by atoms with E-state index in [4.69, 9.17) is 0 Å². The predicted molar refractivity (Wildman–Crippen MR) is 95.2 cm³/mol. The van der Waals surface area contributed by atoms with E-state index < -0.39 is 17.3 Å². The second-order valence-electron chi connectivity index (χ2n) is 6.95. The van der Waals surface area contributed by atoms with E-state index in [0.29, 0.717) is 11.3 Å². The van der Waals surface area contributed by atoms with Gasteiger partial charge in [-0.2, -0.15) is 0 Å². The minimum Gasteiger partial charge on any atom is -0.481 e. The minimum absolute atomic E-state index is 0.0797. The molecule has 1 atom stereocenters. The van der Waals surface area contributed by atoms with E-state index in [-0.39, 0.29) is 5.91 Å². The largest absolute Gasteiger partial charge is 0.481 e. The number of amides is 1. The Labute approximate surface area is 142 Å².